The highest BCUT2D eigenvalue weighted by atomic mass is 79.9. The monoisotopic (exact) mass is 335 g/mol. The molecule has 0 amide bonds. The average molecular weight is 336 g/mol. The van der Waals surface area contributed by atoms with Gasteiger partial charge in [0.1, 0.15) is 0 Å². The molecule has 0 aliphatic heterocycles. The molecule has 1 aromatic heterocycles. The van der Waals surface area contributed by atoms with E-state index in [1.807, 2.05) is 17.9 Å². The molecule has 3 nitrogen and oxygen atoms in total. The molecule has 1 unspecified atom stereocenters. The highest BCUT2D eigenvalue weighted by Crippen LogP contribution is 2.27. The van der Waals surface area contributed by atoms with E-state index in [2.05, 4.69) is 64.6 Å². The maximum absolute atomic E-state index is 4.23. The standard InChI is InChI=1S/C16H22BrN3/c1-4-18-16(8-6-13-10-19-20(3)11-13)14-9-12(2)5-7-15(14)17/h5,7,9-11,16,18H,4,6,8H2,1-3H3. The Morgan fingerprint density at radius 2 is 2.20 bits per heavy atom. The Morgan fingerprint density at radius 3 is 2.85 bits per heavy atom. The summed E-state index contributed by atoms with van der Waals surface area (Å²) >= 11 is 3.67. The van der Waals surface area contributed by atoms with Crippen molar-refractivity contribution in [3.05, 3.63) is 51.8 Å². The number of rotatable bonds is 6. The van der Waals surface area contributed by atoms with Crippen LogP contribution in [-0.2, 0) is 13.5 Å². The Morgan fingerprint density at radius 1 is 1.40 bits per heavy atom. The minimum atomic E-state index is 0.370. The molecule has 0 fully saturated rings. The lowest BCUT2D eigenvalue weighted by Gasteiger charge is -2.20. The fraction of sp³-hybridized carbons (Fsp3) is 0.438. The van der Waals surface area contributed by atoms with Gasteiger partial charge in [-0.15, -0.1) is 0 Å². The summed E-state index contributed by atoms with van der Waals surface area (Å²) in [7, 11) is 1.96. The van der Waals surface area contributed by atoms with Gasteiger partial charge >= 0.3 is 0 Å². The zero-order chi connectivity index (χ0) is 14.5. The molecule has 4 heteroatoms. The normalized spacial score (nSPS) is 12.6. The van der Waals surface area contributed by atoms with E-state index in [1.165, 1.54) is 21.2 Å². The predicted molar refractivity (Wildman–Crippen MR) is 86.8 cm³/mol. The summed E-state index contributed by atoms with van der Waals surface area (Å²) in [5.74, 6) is 0. The van der Waals surface area contributed by atoms with Crippen molar-refractivity contribution in [1.82, 2.24) is 15.1 Å². The molecular formula is C16H22BrN3. The van der Waals surface area contributed by atoms with Gasteiger partial charge < -0.3 is 5.32 Å². The van der Waals surface area contributed by atoms with Crippen LogP contribution in [0.15, 0.2) is 35.1 Å². The highest BCUT2D eigenvalue weighted by molar-refractivity contribution is 9.10. The molecule has 2 aromatic rings. The van der Waals surface area contributed by atoms with Gasteiger partial charge in [0, 0.05) is 23.8 Å². The lowest BCUT2D eigenvalue weighted by Crippen LogP contribution is -2.22. The largest absolute Gasteiger partial charge is 0.310 e. The summed E-state index contributed by atoms with van der Waals surface area (Å²) in [6.07, 6.45) is 6.15. The van der Waals surface area contributed by atoms with E-state index < -0.39 is 0 Å². The Kier molecular flexibility index (Phi) is 5.38. The van der Waals surface area contributed by atoms with Crippen LogP contribution in [0.1, 0.15) is 36.1 Å². The van der Waals surface area contributed by atoms with Crippen molar-refractivity contribution >= 4 is 15.9 Å². The number of nitrogens with zero attached hydrogens (tertiary/aromatic N) is 2. The maximum atomic E-state index is 4.23. The summed E-state index contributed by atoms with van der Waals surface area (Å²) < 4.78 is 3.04. The van der Waals surface area contributed by atoms with Crippen LogP contribution in [0.2, 0.25) is 0 Å². The van der Waals surface area contributed by atoms with Gasteiger partial charge in [-0.2, -0.15) is 5.10 Å². The second-order valence-electron chi connectivity index (χ2n) is 5.20. The molecule has 0 spiro atoms. The summed E-state index contributed by atoms with van der Waals surface area (Å²) in [5.41, 5.74) is 3.93. The van der Waals surface area contributed by atoms with Crippen LogP contribution in [-0.4, -0.2) is 16.3 Å². The van der Waals surface area contributed by atoms with Gasteiger partial charge in [0.25, 0.3) is 0 Å². The van der Waals surface area contributed by atoms with Crippen LogP contribution in [0.25, 0.3) is 0 Å². The number of aryl methyl sites for hydroxylation is 3. The molecule has 2 rings (SSSR count). The second kappa shape index (κ2) is 7.04. The third kappa shape index (κ3) is 3.93. The first-order chi connectivity index (χ1) is 9.60. The van der Waals surface area contributed by atoms with Gasteiger partial charge in [-0.3, -0.25) is 4.68 Å². The highest BCUT2D eigenvalue weighted by Gasteiger charge is 2.14. The number of hydrogen-bond donors (Lipinski definition) is 1. The van der Waals surface area contributed by atoms with Crippen LogP contribution >= 0.6 is 15.9 Å². The first-order valence-corrected chi connectivity index (χ1v) is 7.86. The van der Waals surface area contributed by atoms with Crippen LogP contribution in [0.4, 0.5) is 0 Å². The van der Waals surface area contributed by atoms with Gasteiger partial charge in [0.05, 0.1) is 6.20 Å². The van der Waals surface area contributed by atoms with E-state index >= 15 is 0 Å². The number of halogens is 1. The van der Waals surface area contributed by atoms with Crippen molar-refractivity contribution in [2.24, 2.45) is 7.05 Å². The molecule has 0 bridgehead atoms. The second-order valence-corrected chi connectivity index (χ2v) is 6.05. The Bertz CT molecular complexity index is 563. The summed E-state index contributed by atoms with van der Waals surface area (Å²) in [4.78, 5) is 0. The quantitative estimate of drug-likeness (QED) is 0.870. The SMILES string of the molecule is CCNC(CCc1cnn(C)c1)c1cc(C)ccc1Br. The number of hydrogen-bond acceptors (Lipinski definition) is 2. The van der Waals surface area contributed by atoms with Gasteiger partial charge in [-0.1, -0.05) is 40.5 Å². The average Bonchev–Trinajstić information content (AvgIpc) is 2.83. The third-order valence-corrected chi connectivity index (χ3v) is 4.18. The maximum Gasteiger partial charge on any atom is 0.0521 e. The van der Waals surface area contributed by atoms with Gasteiger partial charge in [-0.25, -0.2) is 0 Å². The third-order valence-electron chi connectivity index (χ3n) is 3.46. The minimum Gasteiger partial charge on any atom is -0.310 e. The molecular weight excluding hydrogens is 314 g/mol. The van der Waals surface area contributed by atoms with Crippen molar-refractivity contribution in [2.45, 2.75) is 32.7 Å². The summed E-state index contributed by atoms with van der Waals surface area (Å²) in [6.45, 7) is 5.26. The molecule has 0 radical (unpaired) electrons. The Hall–Kier alpha value is -1.13. The molecule has 1 heterocycles. The molecule has 1 aromatic carbocycles. The molecule has 108 valence electrons. The zero-order valence-corrected chi connectivity index (χ0v) is 13.9. The van der Waals surface area contributed by atoms with Crippen LogP contribution < -0.4 is 5.32 Å². The Labute approximate surface area is 129 Å². The van der Waals surface area contributed by atoms with Crippen molar-refractivity contribution in [3.8, 4) is 0 Å². The molecule has 0 aliphatic carbocycles. The van der Waals surface area contributed by atoms with E-state index in [0.29, 0.717) is 6.04 Å². The van der Waals surface area contributed by atoms with E-state index in [9.17, 15) is 0 Å². The number of aromatic nitrogens is 2. The van der Waals surface area contributed by atoms with E-state index in [0.717, 1.165) is 19.4 Å². The smallest absolute Gasteiger partial charge is 0.0521 e. The van der Waals surface area contributed by atoms with Crippen molar-refractivity contribution < 1.29 is 0 Å². The van der Waals surface area contributed by atoms with E-state index in [-0.39, 0.29) is 0 Å². The first kappa shape index (κ1) is 15.3. The minimum absolute atomic E-state index is 0.370. The number of nitrogens with one attached hydrogen (secondary N) is 1. The van der Waals surface area contributed by atoms with Crippen molar-refractivity contribution in [3.63, 3.8) is 0 Å². The fourth-order valence-electron chi connectivity index (χ4n) is 2.46. The molecule has 0 saturated heterocycles. The lowest BCUT2D eigenvalue weighted by atomic mass is 9.98. The molecule has 0 saturated carbocycles. The number of benzene rings is 1. The first-order valence-electron chi connectivity index (χ1n) is 7.07. The van der Waals surface area contributed by atoms with Crippen LogP contribution in [0.5, 0.6) is 0 Å². The van der Waals surface area contributed by atoms with Crippen molar-refractivity contribution in [2.75, 3.05) is 6.54 Å². The van der Waals surface area contributed by atoms with E-state index in [1.54, 1.807) is 0 Å². The molecule has 1 N–H and O–H groups in total. The van der Waals surface area contributed by atoms with Gasteiger partial charge in [0.15, 0.2) is 0 Å². The van der Waals surface area contributed by atoms with Gasteiger partial charge in [0.2, 0.25) is 0 Å². The lowest BCUT2D eigenvalue weighted by molar-refractivity contribution is 0.513. The van der Waals surface area contributed by atoms with Gasteiger partial charge in [-0.05, 0) is 43.5 Å². The van der Waals surface area contributed by atoms with Crippen LogP contribution in [0, 0.1) is 6.92 Å². The predicted octanol–water partition coefficient (Wildman–Crippen LogP) is 3.77. The van der Waals surface area contributed by atoms with E-state index in [4.69, 9.17) is 0 Å². The Balaban J connectivity index is 2.11. The topological polar surface area (TPSA) is 29.9 Å². The fourth-order valence-corrected chi connectivity index (χ4v) is 2.98. The van der Waals surface area contributed by atoms with Crippen molar-refractivity contribution in [1.29, 1.82) is 0 Å². The molecule has 20 heavy (non-hydrogen) atoms. The summed E-state index contributed by atoms with van der Waals surface area (Å²) in [5, 5.41) is 7.82. The molecule has 0 aliphatic rings. The van der Waals surface area contributed by atoms with Crippen LogP contribution in [0.3, 0.4) is 0 Å². The summed E-state index contributed by atoms with van der Waals surface area (Å²) in [6, 6.07) is 6.91. The zero-order valence-electron chi connectivity index (χ0n) is 12.4. The molecule has 1 atom stereocenters.